The second kappa shape index (κ2) is 6.40. The molecule has 0 aliphatic rings. The number of rotatable bonds is 6. The molecule has 0 spiro atoms. The van der Waals surface area contributed by atoms with Crippen LogP contribution in [-0.4, -0.2) is 14.5 Å². The number of nitrogens with two attached hydrogens (primary N) is 1. The van der Waals surface area contributed by atoms with Gasteiger partial charge in [-0.25, -0.2) is 13.1 Å². The van der Waals surface area contributed by atoms with Gasteiger partial charge in [-0.15, -0.1) is 11.3 Å². The summed E-state index contributed by atoms with van der Waals surface area (Å²) in [6.45, 7) is 2.12. The standard InChI is InChI=1S/C12H15BrN2O3S2/c1-8(5-9-3-2-4-18-9)15-20(16,17)11-6-10(7-14)19-12(11)13/h2-4,6,8,15H,5,7,14H2,1H3. The molecule has 0 saturated carbocycles. The molecule has 3 N–H and O–H groups in total. The van der Waals surface area contributed by atoms with Crippen LogP contribution in [0.3, 0.4) is 0 Å². The molecule has 2 rings (SSSR count). The zero-order chi connectivity index (χ0) is 14.8. The average Bonchev–Trinajstić information content (AvgIpc) is 2.97. The number of thiophene rings is 1. The molecule has 0 aliphatic heterocycles. The van der Waals surface area contributed by atoms with Gasteiger partial charge in [0.1, 0.15) is 10.7 Å². The second-order valence-electron chi connectivity index (χ2n) is 4.36. The molecule has 110 valence electrons. The Morgan fingerprint density at radius 2 is 2.30 bits per heavy atom. The number of hydrogen-bond donors (Lipinski definition) is 2. The third kappa shape index (κ3) is 3.70. The smallest absolute Gasteiger partial charge is 0.242 e. The maximum atomic E-state index is 12.3. The van der Waals surface area contributed by atoms with Crippen molar-refractivity contribution < 1.29 is 12.8 Å². The SMILES string of the molecule is CC(Cc1ccco1)NS(=O)(=O)c1cc(CN)sc1Br. The van der Waals surface area contributed by atoms with E-state index in [1.807, 2.05) is 6.07 Å². The maximum absolute atomic E-state index is 12.3. The molecule has 0 bridgehead atoms. The molecule has 2 heterocycles. The van der Waals surface area contributed by atoms with E-state index in [0.29, 0.717) is 16.8 Å². The minimum atomic E-state index is -3.57. The summed E-state index contributed by atoms with van der Waals surface area (Å²) < 4.78 is 33.0. The summed E-state index contributed by atoms with van der Waals surface area (Å²) in [6.07, 6.45) is 2.07. The van der Waals surface area contributed by atoms with Crippen molar-refractivity contribution in [2.24, 2.45) is 5.73 Å². The van der Waals surface area contributed by atoms with Crippen LogP contribution in [0.5, 0.6) is 0 Å². The second-order valence-corrected chi connectivity index (χ2v) is 8.50. The van der Waals surface area contributed by atoms with E-state index in [1.165, 1.54) is 11.3 Å². The summed E-state index contributed by atoms with van der Waals surface area (Å²) in [5.41, 5.74) is 5.53. The lowest BCUT2D eigenvalue weighted by molar-refractivity contribution is 0.479. The van der Waals surface area contributed by atoms with Crippen LogP contribution in [0, 0.1) is 0 Å². The van der Waals surface area contributed by atoms with E-state index in [2.05, 4.69) is 20.7 Å². The predicted molar refractivity (Wildman–Crippen MR) is 82.1 cm³/mol. The lowest BCUT2D eigenvalue weighted by Gasteiger charge is -2.12. The first-order valence-corrected chi connectivity index (χ1v) is 9.04. The Morgan fingerprint density at radius 1 is 1.55 bits per heavy atom. The largest absolute Gasteiger partial charge is 0.469 e. The van der Waals surface area contributed by atoms with Crippen LogP contribution in [0.15, 0.2) is 37.6 Å². The summed E-state index contributed by atoms with van der Waals surface area (Å²) in [5.74, 6) is 0.743. The first-order chi connectivity index (χ1) is 9.42. The average molecular weight is 379 g/mol. The van der Waals surface area contributed by atoms with Gasteiger partial charge in [0.05, 0.1) is 10.0 Å². The molecule has 5 nitrogen and oxygen atoms in total. The van der Waals surface area contributed by atoms with Crippen molar-refractivity contribution in [2.75, 3.05) is 0 Å². The van der Waals surface area contributed by atoms with Crippen LogP contribution in [0.2, 0.25) is 0 Å². The number of hydrogen-bond acceptors (Lipinski definition) is 5. The number of halogens is 1. The molecule has 0 saturated heterocycles. The minimum absolute atomic E-state index is 0.231. The number of furan rings is 1. The van der Waals surface area contributed by atoms with Crippen molar-refractivity contribution >= 4 is 37.3 Å². The van der Waals surface area contributed by atoms with Gasteiger partial charge in [-0.05, 0) is 41.1 Å². The summed E-state index contributed by atoms with van der Waals surface area (Å²) in [4.78, 5) is 1.05. The molecule has 8 heteroatoms. The highest BCUT2D eigenvalue weighted by Gasteiger charge is 2.23. The molecule has 0 fully saturated rings. The van der Waals surface area contributed by atoms with E-state index >= 15 is 0 Å². The van der Waals surface area contributed by atoms with Gasteiger partial charge in [0, 0.05) is 23.9 Å². The lowest BCUT2D eigenvalue weighted by atomic mass is 10.2. The summed E-state index contributed by atoms with van der Waals surface area (Å²) in [7, 11) is -3.57. The molecule has 0 radical (unpaired) electrons. The van der Waals surface area contributed by atoms with Crippen LogP contribution in [0.1, 0.15) is 17.6 Å². The van der Waals surface area contributed by atoms with E-state index in [-0.39, 0.29) is 10.9 Å². The Labute approximate surface area is 130 Å². The van der Waals surface area contributed by atoms with Gasteiger partial charge in [0.25, 0.3) is 0 Å². The predicted octanol–water partition coefficient (Wildman–Crippen LogP) is 2.47. The first kappa shape index (κ1) is 15.7. The van der Waals surface area contributed by atoms with Crippen LogP contribution >= 0.6 is 27.3 Å². The maximum Gasteiger partial charge on any atom is 0.242 e. The zero-order valence-corrected chi connectivity index (χ0v) is 14.0. The summed E-state index contributed by atoms with van der Waals surface area (Å²) in [6, 6.07) is 4.92. The fourth-order valence-corrected chi connectivity index (χ4v) is 5.59. The van der Waals surface area contributed by atoms with Crippen LogP contribution in [0.4, 0.5) is 0 Å². The van der Waals surface area contributed by atoms with Gasteiger partial charge in [0.15, 0.2) is 0 Å². The van der Waals surface area contributed by atoms with Crippen molar-refractivity contribution in [1.82, 2.24) is 4.72 Å². The fraction of sp³-hybridized carbons (Fsp3) is 0.333. The molecular formula is C12H15BrN2O3S2. The Balaban J connectivity index is 2.12. The van der Waals surface area contributed by atoms with Gasteiger partial charge >= 0.3 is 0 Å². The highest BCUT2D eigenvalue weighted by molar-refractivity contribution is 9.11. The van der Waals surface area contributed by atoms with E-state index in [0.717, 1.165) is 10.6 Å². The Morgan fingerprint density at radius 3 is 2.85 bits per heavy atom. The van der Waals surface area contributed by atoms with E-state index in [4.69, 9.17) is 10.2 Å². The van der Waals surface area contributed by atoms with Crippen molar-refractivity contribution in [2.45, 2.75) is 30.8 Å². The Hall–Kier alpha value is -0.670. The van der Waals surface area contributed by atoms with Gasteiger partial charge in [-0.3, -0.25) is 0 Å². The van der Waals surface area contributed by atoms with Gasteiger partial charge in [0.2, 0.25) is 10.0 Å². The van der Waals surface area contributed by atoms with Crippen LogP contribution < -0.4 is 10.5 Å². The highest BCUT2D eigenvalue weighted by Crippen LogP contribution is 2.31. The highest BCUT2D eigenvalue weighted by atomic mass is 79.9. The first-order valence-electron chi connectivity index (χ1n) is 5.95. The van der Waals surface area contributed by atoms with Crippen molar-refractivity contribution in [1.29, 1.82) is 0 Å². The molecule has 2 aromatic rings. The monoisotopic (exact) mass is 378 g/mol. The number of nitrogens with one attached hydrogen (secondary N) is 1. The van der Waals surface area contributed by atoms with Crippen molar-refractivity contribution in [3.05, 3.63) is 38.9 Å². The van der Waals surface area contributed by atoms with Crippen LogP contribution in [-0.2, 0) is 23.0 Å². The minimum Gasteiger partial charge on any atom is -0.469 e. The van der Waals surface area contributed by atoms with Gasteiger partial charge in [-0.1, -0.05) is 0 Å². The Bertz CT molecular complexity index is 665. The molecule has 1 unspecified atom stereocenters. The molecule has 0 amide bonds. The molecular weight excluding hydrogens is 364 g/mol. The summed E-state index contributed by atoms with van der Waals surface area (Å²) >= 11 is 4.60. The molecule has 20 heavy (non-hydrogen) atoms. The third-order valence-corrected chi connectivity index (χ3v) is 6.50. The third-order valence-electron chi connectivity index (χ3n) is 2.64. The van der Waals surface area contributed by atoms with Crippen molar-refractivity contribution in [3.8, 4) is 0 Å². The molecule has 1 atom stereocenters. The normalized spacial score (nSPS) is 13.6. The molecule has 0 aromatic carbocycles. The molecule has 2 aromatic heterocycles. The quantitative estimate of drug-likeness (QED) is 0.808. The van der Waals surface area contributed by atoms with Gasteiger partial charge in [-0.2, -0.15) is 0 Å². The Kier molecular flexibility index (Phi) is 5.03. The van der Waals surface area contributed by atoms with E-state index < -0.39 is 10.0 Å². The van der Waals surface area contributed by atoms with Gasteiger partial charge < -0.3 is 10.2 Å². The number of sulfonamides is 1. The van der Waals surface area contributed by atoms with E-state index in [9.17, 15) is 8.42 Å². The van der Waals surface area contributed by atoms with E-state index in [1.54, 1.807) is 25.3 Å². The fourth-order valence-electron chi connectivity index (χ4n) is 1.78. The zero-order valence-electron chi connectivity index (χ0n) is 10.8. The summed E-state index contributed by atoms with van der Waals surface area (Å²) in [5, 5.41) is 0. The lowest BCUT2D eigenvalue weighted by Crippen LogP contribution is -2.34. The topological polar surface area (TPSA) is 85.3 Å². The van der Waals surface area contributed by atoms with Crippen LogP contribution in [0.25, 0.3) is 0 Å². The molecule has 0 aliphatic carbocycles. The van der Waals surface area contributed by atoms with Crippen molar-refractivity contribution in [3.63, 3.8) is 0 Å².